The van der Waals surface area contributed by atoms with Gasteiger partial charge in [0.15, 0.2) is 0 Å². The van der Waals surface area contributed by atoms with Gasteiger partial charge in [-0.3, -0.25) is 0 Å². The average Bonchev–Trinajstić information content (AvgIpc) is 1.66. The summed E-state index contributed by atoms with van der Waals surface area (Å²) >= 11 is 0. The molecule has 0 unspecified atom stereocenters. The highest BCUT2D eigenvalue weighted by Crippen LogP contribution is 1.27. The van der Waals surface area contributed by atoms with Crippen LogP contribution in [0.15, 0.2) is 0 Å². The van der Waals surface area contributed by atoms with Gasteiger partial charge < -0.3 is 15.9 Å². The van der Waals surface area contributed by atoms with E-state index in [0.717, 1.165) is 6.54 Å². The molecule has 5 nitrogen and oxygen atoms in total. The lowest BCUT2D eigenvalue weighted by Gasteiger charge is -1.88. The van der Waals surface area contributed by atoms with Crippen LogP contribution in [-0.2, 0) is 4.84 Å². The van der Waals surface area contributed by atoms with Crippen molar-refractivity contribution in [1.29, 1.82) is 0 Å². The van der Waals surface area contributed by atoms with Crippen LogP contribution in [0.4, 0.5) is 0 Å². The lowest BCUT2D eigenvalue weighted by molar-refractivity contribution is -0.887. The van der Waals surface area contributed by atoms with Gasteiger partial charge in [-0.05, 0) is 6.92 Å². The Kier molecular flexibility index (Phi) is 46.0. The van der Waals surface area contributed by atoms with Gasteiger partial charge in [-0.25, -0.2) is 10.3 Å². The first kappa shape index (κ1) is 22.4. The Morgan fingerprint density at radius 2 is 1.45 bits per heavy atom. The molecule has 5 N–H and O–H groups in total. The zero-order valence-electron chi connectivity index (χ0n) is 8.09. The quantitative estimate of drug-likeness (QED) is 0.450. The first-order valence-electron chi connectivity index (χ1n) is 3.26. The molecule has 11 heavy (non-hydrogen) atoms. The maximum Gasteiger partial charge on any atom is 0.102 e. The molecule has 5 heteroatoms. The van der Waals surface area contributed by atoms with Crippen LogP contribution >= 0.6 is 0 Å². The van der Waals surface area contributed by atoms with Crippen LogP contribution in [0, 0.1) is 0 Å². The standard InChI is InChI=1S/C3H9NO.C3H9N.2H2O/c1-3-4-5-2;1-4(2)3;;/h4H,3H2,1-2H3;1-3H3;2*1H2. The molecule has 0 amide bonds. The molecular formula is C6H22N2O3. The second-order valence-corrected chi connectivity index (χ2v) is 2.31. The highest BCUT2D eigenvalue weighted by molar-refractivity contribution is 3.82. The summed E-state index contributed by atoms with van der Waals surface area (Å²) in [5.74, 6) is 0. The molecule has 0 aromatic heterocycles. The van der Waals surface area contributed by atoms with E-state index >= 15 is 0 Å². The fourth-order valence-corrected chi connectivity index (χ4v) is 0.167. The Morgan fingerprint density at radius 1 is 1.18 bits per heavy atom. The second kappa shape index (κ2) is 22.6. The van der Waals surface area contributed by atoms with Crippen molar-refractivity contribution < 1.29 is 26.2 Å². The van der Waals surface area contributed by atoms with Gasteiger partial charge in [0.05, 0.1) is 28.3 Å². The van der Waals surface area contributed by atoms with Crippen molar-refractivity contribution in [2.24, 2.45) is 0 Å². The summed E-state index contributed by atoms with van der Waals surface area (Å²) in [6.45, 7) is 3.03. The molecule has 0 aliphatic carbocycles. The second-order valence-electron chi connectivity index (χ2n) is 2.31. The molecule has 0 aliphatic rings. The van der Waals surface area contributed by atoms with Gasteiger partial charge in [-0.2, -0.15) is 0 Å². The first-order valence-corrected chi connectivity index (χ1v) is 3.26. The van der Waals surface area contributed by atoms with E-state index in [1.54, 1.807) is 12.6 Å². The predicted molar refractivity (Wildman–Crippen MR) is 42.1 cm³/mol. The van der Waals surface area contributed by atoms with Gasteiger partial charge in [0.2, 0.25) is 0 Å². The summed E-state index contributed by atoms with van der Waals surface area (Å²) in [5.41, 5.74) is 1.75. The summed E-state index contributed by atoms with van der Waals surface area (Å²) in [5, 5.41) is 0. The highest BCUT2D eigenvalue weighted by atomic mass is 16.6. The number of hydrogen-bond donors (Lipinski definition) is 2. The van der Waals surface area contributed by atoms with Crippen molar-refractivity contribution in [2.75, 3.05) is 34.8 Å². The third kappa shape index (κ3) is 184. The molecule has 0 radical (unpaired) electrons. The van der Waals surface area contributed by atoms with Crippen molar-refractivity contribution in [3.8, 4) is 0 Å². The van der Waals surface area contributed by atoms with Crippen molar-refractivity contribution in [3.05, 3.63) is 0 Å². The third-order valence-electron chi connectivity index (χ3n) is 0.333. The van der Waals surface area contributed by atoms with Crippen LogP contribution in [0.2, 0.25) is 0 Å². The molecule has 0 aromatic carbocycles. The Labute approximate surface area is 68.9 Å². The Balaban J connectivity index is -0.0000000383. The maximum absolute atomic E-state index is 4.57. The van der Waals surface area contributed by atoms with E-state index in [0.29, 0.717) is 0 Å². The Morgan fingerprint density at radius 3 is 1.45 bits per heavy atom. The first-order chi connectivity index (χ1) is 4.15. The summed E-state index contributed by atoms with van der Waals surface area (Å²) < 4.78 is 0. The van der Waals surface area contributed by atoms with Gasteiger partial charge in [-0.1, -0.05) is 0 Å². The van der Waals surface area contributed by atoms with Gasteiger partial charge in [0.1, 0.15) is 6.54 Å². The fourth-order valence-electron chi connectivity index (χ4n) is 0.167. The van der Waals surface area contributed by atoms with Gasteiger partial charge >= 0.3 is 0 Å². The normalized spacial score (nSPS) is 7.09. The van der Waals surface area contributed by atoms with Crippen LogP contribution in [0.1, 0.15) is 6.92 Å². The maximum atomic E-state index is 4.57. The smallest absolute Gasteiger partial charge is 0.102 e. The molecule has 0 aliphatic heterocycles. The van der Waals surface area contributed by atoms with E-state index in [-0.39, 0.29) is 11.0 Å². The SMILES string of the molecule is CC[NH2+]OC.C[NH+](C)C.[OH-].[OH-]. The van der Waals surface area contributed by atoms with Gasteiger partial charge in [0, 0.05) is 0 Å². The minimum atomic E-state index is 0. The molecule has 0 rings (SSSR count). The number of nitrogens with one attached hydrogen (secondary N) is 1. The third-order valence-corrected chi connectivity index (χ3v) is 0.333. The average molecular weight is 170 g/mol. The highest BCUT2D eigenvalue weighted by Gasteiger charge is 1.66. The Bertz CT molecular complexity index is 40.1. The molecule has 74 valence electrons. The summed E-state index contributed by atoms with van der Waals surface area (Å²) in [4.78, 5) is 5.98. The van der Waals surface area contributed by atoms with Crippen LogP contribution in [0.5, 0.6) is 0 Å². The molecule has 0 fully saturated rings. The molecular weight excluding hydrogens is 148 g/mol. The van der Waals surface area contributed by atoms with Crippen molar-refractivity contribution in [3.63, 3.8) is 0 Å². The van der Waals surface area contributed by atoms with Gasteiger partial charge in [0.25, 0.3) is 0 Å². The molecule has 0 bridgehead atoms. The predicted octanol–water partition coefficient (Wildman–Crippen LogP) is -2.46. The van der Waals surface area contributed by atoms with Crippen molar-refractivity contribution >= 4 is 0 Å². The van der Waals surface area contributed by atoms with Crippen molar-refractivity contribution in [1.82, 2.24) is 0 Å². The van der Waals surface area contributed by atoms with E-state index in [2.05, 4.69) is 26.0 Å². The number of hydrogen-bond acceptors (Lipinski definition) is 3. The largest absolute Gasteiger partial charge is 0.870 e. The number of nitrogens with two attached hydrogens (primary N) is 1. The molecule has 0 aromatic rings. The molecule has 0 saturated heterocycles. The van der Waals surface area contributed by atoms with Crippen LogP contribution in [0.25, 0.3) is 0 Å². The summed E-state index contributed by atoms with van der Waals surface area (Å²) in [6.07, 6.45) is 0. The van der Waals surface area contributed by atoms with Crippen LogP contribution in [-0.4, -0.2) is 45.7 Å². The molecule has 0 spiro atoms. The van der Waals surface area contributed by atoms with Crippen LogP contribution in [0.3, 0.4) is 0 Å². The molecule has 0 atom stereocenters. The monoisotopic (exact) mass is 170 g/mol. The molecule has 0 saturated carbocycles. The van der Waals surface area contributed by atoms with Gasteiger partial charge in [-0.15, -0.1) is 0 Å². The summed E-state index contributed by atoms with van der Waals surface area (Å²) in [7, 11) is 7.91. The van der Waals surface area contributed by atoms with Crippen molar-refractivity contribution in [2.45, 2.75) is 6.92 Å². The number of hydroxylamine groups is 1. The minimum absolute atomic E-state index is 0. The summed E-state index contributed by atoms with van der Waals surface area (Å²) in [6, 6.07) is 0. The van der Waals surface area contributed by atoms with E-state index in [1.165, 1.54) is 4.90 Å². The fraction of sp³-hybridized carbons (Fsp3) is 1.00. The topological polar surface area (TPSA) is 90.3 Å². The zero-order chi connectivity index (χ0) is 7.70. The van der Waals surface area contributed by atoms with E-state index in [9.17, 15) is 0 Å². The minimum Gasteiger partial charge on any atom is -0.870 e. The van der Waals surface area contributed by atoms with E-state index < -0.39 is 0 Å². The molecule has 0 heterocycles. The number of quaternary nitrogens is 2. The number of rotatable bonds is 2. The van der Waals surface area contributed by atoms with Crippen LogP contribution < -0.4 is 10.4 Å². The zero-order valence-corrected chi connectivity index (χ0v) is 8.09. The van der Waals surface area contributed by atoms with E-state index in [1.807, 2.05) is 6.92 Å². The van der Waals surface area contributed by atoms with E-state index in [4.69, 9.17) is 0 Å². The lowest BCUT2D eigenvalue weighted by atomic mass is 10.8. The Hall–Kier alpha value is -0.200. The lowest BCUT2D eigenvalue weighted by Crippen LogP contribution is -3.02.